The summed E-state index contributed by atoms with van der Waals surface area (Å²) in [4.78, 5) is 24.1. The first-order valence-corrected chi connectivity index (χ1v) is 9.30. The number of rotatable bonds is 3. The molecule has 0 amide bonds. The molecule has 0 saturated carbocycles. The second-order valence-electron chi connectivity index (χ2n) is 4.60. The van der Waals surface area contributed by atoms with Gasteiger partial charge < -0.3 is 0 Å². The first kappa shape index (κ1) is 15.5. The zero-order valence-electron chi connectivity index (χ0n) is 10.8. The number of Topliss-reactive ketones (excluding diaryl/α,β-unsaturated/α-hetero) is 2. The highest BCUT2D eigenvalue weighted by atomic mass is 35.5. The zero-order chi connectivity index (χ0) is 14.9. The quantitative estimate of drug-likeness (QED) is 0.628. The van der Waals surface area contributed by atoms with Crippen LogP contribution in [-0.4, -0.2) is 37.2 Å². The second kappa shape index (κ2) is 5.87. The maximum absolute atomic E-state index is 12.3. The van der Waals surface area contributed by atoms with E-state index in [9.17, 15) is 18.0 Å². The average Bonchev–Trinajstić information content (AvgIpc) is 2.37. The third-order valence-electron chi connectivity index (χ3n) is 3.02. The minimum Gasteiger partial charge on any atom is -0.298 e. The van der Waals surface area contributed by atoms with Gasteiger partial charge in [0.1, 0.15) is 5.25 Å². The fraction of sp³-hybridized carbons (Fsp3) is 0.385. The minimum absolute atomic E-state index is 0.0571. The smallest absolute Gasteiger partial charge is 0.184 e. The van der Waals surface area contributed by atoms with Gasteiger partial charge in [-0.3, -0.25) is 9.59 Å². The maximum atomic E-state index is 12.3. The molecule has 7 heteroatoms. The van der Waals surface area contributed by atoms with Gasteiger partial charge in [0, 0.05) is 18.2 Å². The number of carbonyl (C=O) groups excluding carboxylic acids is 2. The van der Waals surface area contributed by atoms with Gasteiger partial charge in [0.05, 0.1) is 9.92 Å². The van der Waals surface area contributed by atoms with Crippen LogP contribution in [0.1, 0.15) is 23.2 Å². The van der Waals surface area contributed by atoms with Crippen molar-refractivity contribution < 1.29 is 18.0 Å². The number of carbonyl (C=O) groups is 2. The standard InChI is InChI=1S/C13H13ClO4S2/c1-20(17,18)8-4-5-9(10(14)7-8)12(16)13-11(15)3-2-6-19-13/h4-5,7,13H,2-3,6H2,1H3. The topological polar surface area (TPSA) is 68.3 Å². The molecular weight excluding hydrogens is 320 g/mol. The highest BCUT2D eigenvalue weighted by Gasteiger charge is 2.31. The Labute approximate surface area is 126 Å². The number of halogens is 1. The van der Waals surface area contributed by atoms with Crippen LogP contribution >= 0.6 is 23.4 Å². The molecule has 0 aromatic heterocycles. The van der Waals surface area contributed by atoms with Gasteiger partial charge in [0.15, 0.2) is 21.4 Å². The van der Waals surface area contributed by atoms with Gasteiger partial charge in [-0.2, -0.15) is 0 Å². The Morgan fingerprint density at radius 2 is 2.10 bits per heavy atom. The molecule has 1 atom stereocenters. The molecule has 0 bridgehead atoms. The van der Waals surface area contributed by atoms with Gasteiger partial charge in [-0.15, -0.1) is 11.8 Å². The number of ketones is 2. The lowest BCUT2D eigenvalue weighted by Gasteiger charge is -2.19. The molecule has 1 aliphatic rings. The van der Waals surface area contributed by atoms with Crippen LogP contribution in [0.3, 0.4) is 0 Å². The van der Waals surface area contributed by atoms with Gasteiger partial charge in [-0.1, -0.05) is 11.6 Å². The van der Waals surface area contributed by atoms with Crippen LogP contribution in [0.5, 0.6) is 0 Å². The van der Waals surface area contributed by atoms with E-state index in [0.29, 0.717) is 6.42 Å². The number of sulfone groups is 1. The summed E-state index contributed by atoms with van der Waals surface area (Å²) in [6.45, 7) is 0. The lowest BCUT2D eigenvalue weighted by atomic mass is 10.0. The van der Waals surface area contributed by atoms with Gasteiger partial charge in [-0.05, 0) is 30.4 Å². The van der Waals surface area contributed by atoms with Gasteiger partial charge in [0.25, 0.3) is 0 Å². The Balaban J connectivity index is 2.33. The van der Waals surface area contributed by atoms with Crippen LogP contribution in [0.25, 0.3) is 0 Å². The van der Waals surface area contributed by atoms with Crippen molar-refractivity contribution >= 4 is 44.8 Å². The van der Waals surface area contributed by atoms with Crippen LogP contribution < -0.4 is 0 Å². The van der Waals surface area contributed by atoms with Crippen LogP contribution in [0.4, 0.5) is 0 Å². The minimum atomic E-state index is -3.37. The Morgan fingerprint density at radius 3 is 2.65 bits per heavy atom. The Morgan fingerprint density at radius 1 is 1.40 bits per heavy atom. The molecule has 1 unspecified atom stereocenters. The summed E-state index contributed by atoms with van der Waals surface area (Å²) in [7, 11) is -3.37. The largest absolute Gasteiger partial charge is 0.298 e. The van der Waals surface area contributed by atoms with Crippen molar-refractivity contribution in [2.75, 3.05) is 12.0 Å². The number of thioether (sulfide) groups is 1. The average molecular weight is 333 g/mol. The van der Waals surface area contributed by atoms with E-state index in [1.54, 1.807) is 0 Å². The van der Waals surface area contributed by atoms with E-state index in [4.69, 9.17) is 11.6 Å². The fourth-order valence-corrected chi connectivity index (χ4v) is 4.08. The van der Waals surface area contributed by atoms with Gasteiger partial charge >= 0.3 is 0 Å². The molecule has 0 N–H and O–H groups in total. The molecule has 1 aliphatic heterocycles. The summed E-state index contributed by atoms with van der Waals surface area (Å²) in [6, 6.07) is 3.97. The van der Waals surface area contributed by atoms with E-state index in [2.05, 4.69) is 0 Å². The summed E-state index contributed by atoms with van der Waals surface area (Å²) >= 11 is 7.31. The maximum Gasteiger partial charge on any atom is 0.184 e. The molecule has 1 heterocycles. The fourth-order valence-electron chi connectivity index (χ4n) is 1.96. The molecule has 0 radical (unpaired) electrons. The third kappa shape index (κ3) is 3.24. The van der Waals surface area contributed by atoms with Crippen molar-refractivity contribution in [2.45, 2.75) is 23.0 Å². The monoisotopic (exact) mass is 332 g/mol. The normalized spacial score (nSPS) is 19.9. The van der Waals surface area contributed by atoms with Gasteiger partial charge in [-0.25, -0.2) is 8.42 Å². The van der Waals surface area contributed by atoms with E-state index in [1.165, 1.54) is 30.0 Å². The molecular formula is C13H13ClO4S2. The molecule has 4 nitrogen and oxygen atoms in total. The van der Waals surface area contributed by atoms with E-state index in [0.717, 1.165) is 18.4 Å². The highest BCUT2D eigenvalue weighted by Crippen LogP contribution is 2.29. The van der Waals surface area contributed by atoms with Crippen molar-refractivity contribution in [3.05, 3.63) is 28.8 Å². The van der Waals surface area contributed by atoms with E-state index in [1.807, 2.05) is 0 Å². The first-order valence-electron chi connectivity index (χ1n) is 5.99. The molecule has 2 rings (SSSR count). The Bertz CT molecular complexity index is 667. The molecule has 0 spiro atoms. The predicted octanol–water partition coefficient (Wildman–Crippen LogP) is 2.39. The molecule has 0 aliphatic carbocycles. The van der Waals surface area contributed by atoms with E-state index >= 15 is 0 Å². The lowest BCUT2D eigenvalue weighted by molar-refractivity contribution is -0.118. The second-order valence-corrected chi connectivity index (χ2v) is 8.23. The Hall–Kier alpha value is -0.850. The molecule has 108 valence electrons. The number of benzene rings is 1. The van der Waals surface area contributed by atoms with Crippen molar-refractivity contribution in [1.29, 1.82) is 0 Å². The van der Waals surface area contributed by atoms with Crippen molar-refractivity contribution in [1.82, 2.24) is 0 Å². The molecule has 1 aromatic rings. The molecule has 1 aromatic carbocycles. The predicted molar refractivity (Wildman–Crippen MR) is 79.4 cm³/mol. The van der Waals surface area contributed by atoms with Crippen molar-refractivity contribution in [3.8, 4) is 0 Å². The highest BCUT2D eigenvalue weighted by molar-refractivity contribution is 8.01. The van der Waals surface area contributed by atoms with Crippen LogP contribution in [0.15, 0.2) is 23.1 Å². The summed E-state index contributed by atoms with van der Waals surface area (Å²) in [5, 5.41) is -0.651. The van der Waals surface area contributed by atoms with Crippen LogP contribution in [0, 0.1) is 0 Å². The van der Waals surface area contributed by atoms with Crippen LogP contribution in [0.2, 0.25) is 5.02 Å². The third-order valence-corrected chi connectivity index (χ3v) is 5.77. The zero-order valence-corrected chi connectivity index (χ0v) is 13.1. The summed E-state index contributed by atoms with van der Waals surface area (Å²) in [6.07, 6.45) is 2.26. The van der Waals surface area contributed by atoms with Crippen LogP contribution in [-0.2, 0) is 14.6 Å². The SMILES string of the molecule is CS(=O)(=O)c1ccc(C(=O)C2SCCCC2=O)c(Cl)c1. The number of hydrogen-bond donors (Lipinski definition) is 0. The van der Waals surface area contributed by atoms with Crippen molar-refractivity contribution in [2.24, 2.45) is 0 Å². The molecule has 1 fully saturated rings. The Kier molecular flexibility index (Phi) is 4.56. The first-order chi connectivity index (χ1) is 9.30. The molecule has 1 saturated heterocycles. The summed E-state index contributed by atoms with van der Waals surface area (Å²) in [5.74, 6) is 0.334. The van der Waals surface area contributed by atoms with E-state index in [-0.39, 0.29) is 27.0 Å². The van der Waals surface area contributed by atoms with Gasteiger partial charge in [0.2, 0.25) is 0 Å². The summed E-state index contributed by atoms with van der Waals surface area (Å²) in [5.41, 5.74) is 0.201. The van der Waals surface area contributed by atoms with Crippen molar-refractivity contribution in [3.63, 3.8) is 0 Å². The molecule has 20 heavy (non-hydrogen) atoms. The number of hydrogen-bond acceptors (Lipinski definition) is 5. The lowest BCUT2D eigenvalue weighted by Crippen LogP contribution is -2.30. The summed E-state index contributed by atoms with van der Waals surface area (Å²) < 4.78 is 22.8. The van der Waals surface area contributed by atoms with E-state index < -0.39 is 15.1 Å².